The number of rotatable bonds is 5. The summed E-state index contributed by atoms with van der Waals surface area (Å²) >= 11 is 4.01. The smallest absolute Gasteiger partial charge is 0.352 e. The lowest BCUT2D eigenvalue weighted by Gasteiger charge is -2.17. The van der Waals surface area contributed by atoms with E-state index in [1.54, 1.807) is 18.2 Å². The Morgan fingerprint density at radius 2 is 2.05 bits per heavy atom. The van der Waals surface area contributed by atoms with Crippen molar-refractivity contribution in [1.29, 1.82) is 0 Å². The summed E-state index contributed by atoms with van der Waals surface area (Å²) in [6.07, 6.45) is -1.50. The fourth-order valence-corrected chi connectivity index (χ4v) is 2.23. The second-order valence-corrected chi connectivity index (χ2v) is 4.81. The van der Waals surface area contributed by atoms with Gasteiger partial charge in [0.2, 0.25) is 0 Å². The second-order valence-electron chi connectivity index (χ2n) is 4.36. The zero-order valence-corrected chi connectivity index (χ0v) is 11.0. The Kier molecular flexibility index (Phi) is 4.14. The molecule has 6 heteroatoms. The van der Waals surface area contributed by atoms with E-state index in [-0.39, 0.29) is 5.69 Å². The third-order valence-electron chi connectivity index (χ3n) is 3.01. The van der Waals surface area contributed by atoms with Gasteiger partial charge in [-0.2, -0.15) is 12.6 Å². The normalized spacial score (nSPS) is 14.5. The molecule has 1 aromatic carbocycles. The number of carboxylic acid groups (broad SMARTS) is 1. The zero-order valence-electron chi connectivity index (χ0n) is 10.1. The van der Waals surface area contributed by atoms with E-state index >= 15 is 0 Å². The van der Waals surface area contributed by atoms with Crippen LogP contribution >= 0.6 is 12.6 Å². The van der Waals surface area contributed by atoms with Crippen molar-refractivity contribution in [2.24, 2.45) is 0 Å². The largest absolute Gasteiger partial charge is 0.477 e. The molecule has 1 heterocycles. The van der Waals surface area contributed by atoms with E-state index in [4.69, 9.17) is 5.11 Å². The highest BCUT2D eigenvalue weighted by Crippen LogP contribution is 2.24. The van der Waals surface area contributed by atoms with Crippen molar-refractivity contribution in [2.75, 3.05) is 5.75 Å². The number of aromatic carboxylic acids is 1. The maximum absolute atomic E-state index is 10.9. The predicted octanol–water partition coefficient (Wildman–Crippen LogP) is 1.58. The summed E-state index contributed by atoms with van der Waals surface area (Å²) in [5, 5.41) is 29.3. The lowest BCUT2D eigenvalue weighted by molar-refractivity contribution is 0.0173. The van der Waals surface area contributed by atoms with Crippen molar-refractivity contribution >= 4 is 29.5 Å². The first-order valence-electron chi connectivity index (χ1n) is 5.86. The molecule has 0 aliphatic heterocycles. The molecule has 19 heavy (non-hydrogen) atoms. The highest BCUT2D eigenvalue weighted by Gasteiger charge is 2.18. The van der Waals surface area contributed by atoms with Crippen LogP contribution in [0.1, 0.15) is 28.6 Å². The zero-order chi connectivity index (χ0) is 14.0. The molecule has 5 nitrogen and oxygen atoms in total. The molecule has 0 saturated carbocycles. The number of carboxylic acids is 1. The number of fused-ring (bicyclic) bond motifs is 1. The van der Waals surface area contributed by atoms with E-state index in [2.05, 4.69) is 17.6 Å². The van der Waals surface area contributed by atoms with Crippen LogP contribution in [0.15, 0.2) is 24.3 Å². The number of aromatic amines is 1. The topological polar surface area (TPSA) is 93.6 Å². The molecule has 0 aliphatic carbocycles. The molecule has 0 spiro atoms. The maximum atomic E-state index is 10.9. The molecular weight excluding hydrogens is 266 g/mol. The Balaban J connectivity index is 2.32. The molecule has 0 fully saturated rings. The van der Waals surface area contributed by atoms with Gasteiger partial charge in [0.15, 0.2) is 0 Å². The minimum Gasteiger partial charge on any atom is -0.477 e. The summed E-state index contributed by atoms with van der Waals surface area (Å²) < 4.78 is 0. The van der Waals surface area contributed by atoms with Crippen molar-refractivity contribution in [1.82, 2.24) is 4.98 Å². The number of aliphatic hydroxyl groups is 2. The van der Waals surface area contributed by atoms with Gasteiger partial charge in [-0.3, -0.25) is 0 Å². The second kappa shape index (κ2) is 5.64. The van der Waals surface area contributed by atoms with Crippen LogP contribution in [0, 0.1) is 0 Å². The average Bonchev–Trinajstić information content (AvgIpc) is 2.81. The van der Waals surface area contributed by atoms with E-state index in [1.165, 1.54) is 6.07 Å². The minimum atomic E-state index is -1.03. The van der Waals surface area contributed by atoms with Gasteiger partial charge in [0.25, 0.3) is 0 Å². The number of hydrogen-bond acceptors (Lipinski definition) is 4. The van der Waals surface area contributed by atoms with Gasteiger partial charge in [0, 0.05) is 10.9 Å². The molecule has 0 amide bonds. The van der Waals surface area contributed by atoms with Crippen LogP contribution in [0.25, 0.3) is 10.9 Å². The van der Waals surface area contributed by atoms with Crippen LogP contribution in [-0.4, -0.2) is 38.1 Å². The Hall–Kier alpha value is -1.50. The van der Waals surface area contributed by atoms with Gasteiger partial charge in [0.05, 0.1) is 6.10 Å². The fraction of sp³-hybridized carbons (Fsp3) is 0.308. The molecule has 0 bridgehead atoms. The van der Waals surface area contributed by atoms with Crippen LogP contribution < -0.4 is 0 Å². The number of benzene rings is 1. The Bertz CT molecular complexity index is 595. The molecule has 0 aliphatic rings. The van der Waals surface area contributed by atoms with Gasteiger partial charge in [-0.25, -0.2) is 4.79 Å². The lowest BCUT2D eigenvalue weighted by Crippen LogP contribution is -2.18. The minimum absolute atomic E-state index is 0.0950. The van der Waals surface area contributed by atoms with Gasteiger partial charge in [-0.15, -0.1) is 0 Å². The number of carbonyl (C=O) groups is 1. The number of aromatic nitrogens is 1. The van der Waals surface area contributed by atoms with E-state index in [9.17, 15) is 15.0 Å². The van der Waals surface area contributed by atoms with Crippen molar-refractivity contribution in [2.45, 2.75) is 18.6 Å². The van der Waals surface area contributed by atoms with E-state index in [0.29, 0.717) is 28.6 Å². The number of thiol groups is 1. The highest BCUT2D eigenvalue weighted by molar-refractivity contribution is 7.80. The fourth-order valence-electron chi connectivity index (χ4n) is 1.96. The predicted molar refractivity (Wildman–Crippen MR) is 74.7 cm³/mol. The van der Waals surface area contributed by atoms with Crippen LogP contribution in [0.2, 0.25) is 0 Å². The molecule has 102 valence electrons. The third-order valence-corrected chi connectivity index (χ3v) is 3.26. The van der Waals surface area contributed by atoms with E-state index < -0.39 is 18.2 Å². The molecule has 2 rings (SSSR count). The molecule has 2 atom stereocenters. The van der Waals surface area contributed by atoms with Gasteiger partial charge in [-0.05, 0) is 35.9 Å². The summed E-state index contributed by atoms with van der Waals surface area (Å²) in [5.74, 6) is -0.554. The van der Waals surface area contributed by atoms with Gasteiger partial charge >= 0.3 is 5.97 Å². The summed E-state index contributed by atoms with van der Waals surface area (Å²) in [7, 11) is 0. The van der Waals surface area contributed by atoms with Gasteiger partial charge in [-0.1, -0.05) is 6.07 Å². The molecule has 2 aromatic rings. The molecule has 0 radical (unpaired) electrons. The van der Waals surface area contributed by atoms with Crippen molar-refractivity contribution in [3.63, 3.8) is 0 Å². The summed E-state index contributed by atoms with van der Waals surface area (Å²) in [6, 6.07) is 6.52. The molecular formula is C13H15NO4S. The van der Waals surface area contributed by atoms with Crippen LogP contribution in [-0.2, 0) is 0 Å². The quantitative estimate of drug-likeness (QED) is 0.538. The Labute approximate surface area is 115 Å². The lowest BCUT2D eigenvalue weighted by atomic mass is 10.0. The first-order chi connectivity index (χ1) is 9.02. The summed E-state index contributed by atoms with van der Waals surface area (Å²) in [5.41, 5.74) is 1.33. The molecule has 2 unspecified atom stereocenters. The third kappa shape index (κ3) is 2.91. The number of aliphatic hydroxyl groups excluding tert-OH is 2. The number of H-pyrrole nitrogens is 1. The summed E-state index contributed by atoms with van der Waals surface area (Å²) in [4.78, 5) is 13.6. The standard InChI is InChI=1S/C13H15NO4S/c15-11(3-4-19)12(16)7-1-2-9-8(5-7)6-10(14-9)13(17)18/h1-2,5-6,11-12,14-16,19H,3-4H2,(H,17,18). The maximum Gasteiger partial charge on any atom is 0.352 e. The van der Waals surface area contributed by atoms with Crippen molar-refractivity contribution in [3.05, 3.63) is 35.5 Å². The number of hydrogen-bond donors (Lipinski definition) is 5. The Morgan fingerprint density at radius 3 is 2.68 bits per heavy atom. The monoisotopic (exact) mass is 281 g/mol. The van der Waals surface area contributed by atoms with E-state index in [1.807, 2.05) is 0 Å². The molecule has 4 N–H and O–H groups in total. The van der Waals surface area contributed by atoms with Crippen LogP contribution in [0.5, 0.6) is 0 Å². The molecule has 1 aromatic heterocycles. The number of nitrogens with one attached hydrogen (secondary N) is 1. The highest BCUT2D eigenvalue weighted by atomic mass is 32.1. The SMILES string of the molecule is O=C(O)c1cc2cc(C(O)C(O)CCS)ccc2[nH]1. The van der Waals surface area contributed by atoms with Gasteiger partial charge in [0.1, 0.15) is 11.8 Å². The van der Waals surface area contributed by atoms with Crippen LogP contribution in [0.4, 0.5) is 0 Å². The van der Waals surface area contributed by atoms with E-state index in [0.717, 1.165) is 0 Å². The molecule has 0 saturated heterocycles. The van der Waals surface area contributed by atoms with Crippen molar-refractivity contribution < 1.29 is 20.1 Å². The Morgan fingerprint density at radius 1 is 1.32 bits per heavy atom. The first kappa shape index (κ1) is 13.9. The van der Waals surface area contributed by atoms with Crippen LogP contribution in [0.3, 0.4) is 0 Å². The van der Waals surface area contributed by atoms with Gasteiger partial charge < -0.3 is 20.3 Å². The summed E-state index contributed by atoms with van der Waals surface area (Å²) in [6.45, 7) is 0. The first-order valence-corrected chi connectivity index (χ1v) is 6.49. The average molecular weight is 281 g/mol. The van der Waals surface area contributed by atoms with Crippen molar-refractivity contribution in [3.8, 4) is 0 Å².